The summed E-state index contributed by atoms with van der Waals surface area (Å²) < 4.78 is 5.26. The molecule has 7 nitrogen and oxygen atoms in total. The third-order valence-electron chi connectivity index (χ3n) is 4.52. The van der Waals surface area contributed by atoms with Crippen molar-refractivity contribution in [3.8, 4) is 5.75 Å². The first-order valence-corrected chi connectivity index (χ1v) is 8.15. The molecule has 1 fully saturated rings. The van der Waals surface area contributed by atoms with Crippen LogP contribution in [0.1, 0.15) is 42.5 Å². The van der Waals surface area contributed by atoms with Gasteiger partial charge < -0.3 is 20.5 Å². The van der Waals surface area contributed by atoms with Gasteiger partial charge in [-0.3, -0.25) is 14.4 Å². The summed E-state index contributed by atoms with van der Waals surface area (Å²) in [7, 11) is 0. The van der Waals surface area contributed by atoms with Crippen LogP contribution in [0, 0.1) is 5.92 Å². The predicted molar refractivity (Wildman–Crippen MR) is 86.0 cm³/mol. The molecule has 2 amide bonds. The summed E-state index contributed by atoms with van der Waals surface area (Å²) in [6.45, 7) is -0.0408. The van der Waals surface area contributed by atoms with Gasteiger partial charge in [0, 0.05) is 11.6 Å². The Kier molecular flexibility index (Phi) is 4.69. The molecule has 2 aliphatic rings. The smallest absolute Gasteiger partial charge is 0.308 e. The largest absolute Gasteiger partial charge is 0.482 e. The first-order chi connectivity index (χ1) is 11.5. The van der Waals surface area contributed by atoms with Gasteiger partial charge in [0.25, 0.3) is 11.8 Å². The van der Waals surface area contributed by atoms with E-state index in [9.17, 15) is 19.5 Å². The molecule has 1 aliphatic heterocycles. The average Bonchev–Trinajstić information content (AvgIpc) is 2.79. The monoisotopic (exact) mass is 332 g/mol. The van der Waals surface area contributed by atoms with Gasteiger partial charge in [0.15, 0.2) is 6.61 Å². The van der Waals surface area contributed by atoms with Crippen molar-refractivity contribution >= 4 is 23.5 Å². The molecule has 0 spiro atoms. The summed E-state index contributed by atoms with van der Waals surface area (Å²) >= 11 is 0. The number of anilines is 1. The average molecular weight is 332 g/mol. The standard InChI is InChI=1S/C17H20N2O5/c20-15-9-24-14-7-6-10(8-13(14)18-15)16(21)19-12-5-3-1-2-4-11(12)17(22)23/h6-8,11-12H,1-5,9H2,(H,18,20)(H,19,21)(H,22,23)/t11-,12+/m1/s1. The number of aliphatic carboxylic acids is 1. The minimum atomic E-state index is -0.867. The molecule has 2 atom stereocenters. The number of carboxylic acids is 1. The summed E-state index contributed by atoms with van der Waals surface area (Å²) in [5, 5.41) is 14.9. The molecule has 0 unspecified atom stereocenters. The number of ether oxygens (including phenoxy) is 1. The van der Waals surface area contributed by atoms with Gasteiger partial charge in [0.2, 0.25) is 0 Å². The lowest BCUT2D eigenvalue weighted by molar-refractivity contribution is -0.142. The van der Waals surface area contributed by atoms with Crippen molar-refractivity contribution in [2.45, 2.75) is 38.1 Å². The van der Waals surface area contributed by atoms with Gasteiger partial charge in [-0.2, -0.15) is 0 Å². The highest BCUT2D eigenvalue weighted by Gasteiger charge is 2.31. The van der Waals surface area contributed by atoms with Crippen LogP contribution in [0.15, 0.2) is 18.2 Å². The van der Waals surface area contributed by atoms with Gasteiger partial charge in [-0.15, -0.1) is 0 Å². The van der Waals surface area contributed by atoms with Gasteiger partial charge in [-0.1, -0.05) is 19.3 Å². The van der Waals surface area contributed by atoms with E-state index in [0.29, 0.717) is 29.8 Å². The fourth-order valence-electron chi connectivity index (χ4n) is 3.25. The molecule has 1 saturated carbocycles. The number of carboxylic acid groups (broad SMARTS) is 1. The van der Waals surface area contributed by atoms with E-state index in [2.05, 4.69) is 10.6 Å². The molecule has 3 N–H and O–H groups in total. The van der Waals surface area contributed by atoms with Crippen LogP contribution in [-0.2, 0) is 9.59 Å². The minimum Gasteiger partial charge on any atom is -0.482 e. The van der Waals surface area contributed by atoms with E-state index in [-0.39, 0.29) is 24.5 Å². The Bertz CT molecular complexity index is 673. The molecule has 1 aromatic rings. The number of amides is 2. The van der Waals surface area contributed by atoms with Crippen LogP contribution >= 0.6 is 0 Å². The number of carbonyl (C=O) groups is 3. The molecule has 24 heavy (non-hydrogen) atoms. The summed E-state index contributed by atoms with van der Waals surface area (Å²) in [5.41, 5.74) is 0.822. The van der Waals surface area contributed by atoms with E-state index in [4.69, 9.17) is 4.74 Å². The quantitative estimate of drug-likeness (QED) is 0.732. The van der Waals surface area contributed by atoms with Crippen molar-refractivity contribution in [1.82, 2.24) is 5.32 Å². The van der Waals surface area contributed by atoms with E-state index < -0.39 is 11.9 Å². The molecule has 0 saturated heterocycles. The zero-order valence-corrected chi connectivity index (χ0v) is 13.2. The molecule has 1 aliphatic carbocycles. The summed E-state index contributed by atoms with van der Waals surface area (Å²) in [6.07, 6.45) is 3.99. The Hall–Kier alpha value is -2.57. The fourth-order valence-corrected chi connectivity index (χ4v) is 3.25. The van der Waals surface area contributed by atoms with Gasteiger partial charge in [0.1, 0.15) is 5.75 Å². The van der Waals surface area contributed by atoms with Crippen molar-refractivity contribution < 1.29 is 24.2 Å². The maximum absolute atomic E-state index is 12.5. The lowest BCUT2D eigenvalue weighted by Crippen LogP contribution is -2.42. The number of fused-ring (bicyclic) bond motifs is 1. The van der Waals surface area contributed by atoms with Crippen molar-refractivity contribution in [1.29, 1.82) is 0 Å². The Labute approximate surface area is 139 Å². The van der Waals surface area contributed by atoms with Crippen LogP contribution in [-0.4, -0.2) is 35.5 Å². The third-order valence-corrected chi connectivity index (χ3v) is 4.52. The Morgan fingerprint density at radius 2 is 2.00 bits per heavy atom. The summed E-state index contributed by atoms with van der Waals surface area (Å²) in [5.74, 6) is -1.51. The number of carbonyl (C=O) groups excluding carboxylic acids is 2. The zero-order valence-electron chi connectivity index (χ0n) is 13.2. The maximum atomic E-state index is 12.5. The summed E-state index contributed by atoms with van der Waals surface area (Å²) in [6, 6.07) is 4.41. The number of nitrogens with one attached hydrogen (secondary N) is 2. The van der Waals surface area contributed by atoms with Crippen LogP contribution in [0.5, 0.6) is 5.75 Å². The van der Waals surface area contributed by atoms with Crippen molar-refractivity contribution in [2.24, 2.45) is 5.92 Å². The molecule has 3 rings (SSSR count). The number of hydrogen-bond acceptors (Lipinski definition) is 4. The van der Waals surface area contributed by atoms with E-state index in [1.54, 1.807) is 18.2 Å². The SMILES string of the molecule is O=C1COc2ccc(C(=O)N[C@H]3CCCCC[C@H]3C(=O)O)cc2N1. The van der Waals surface area contributed by atoms with Crippen molar-refractivity contribution in [3.63, 3.8) is 0 Å². The Morgan fingerprint density at radius 3 is 2.79 bits per heavy atom. The van der Waals surface area contributed by atoms with Gasteiger partial charge in [0.05, 0.1) is 11.6 Å². The molecule has 7 heteroatoms. The number of hydrogen-bond donors (Lipinski definition) is 3. The van der Waals surface area contributed by atoms with E-state index in [1.807, 2.05) is 0 Å². The van der Waals surface area contributed by atoms with Gasteiger partial charge in [-0.25, -0.2) is 0 Å². The third kappa shape index (κ3) is 3.50. The molecule has 1 aromatic carbocycles. The second kappa shape index (κ2) is 6.90. The highest BCUT2D eigenvalue weighted by atomic mass is 16.5. The van der Waals surface area contributed by atoms with E-state index in [0.717, 1.165) is 19.3 Å². The first-order valence-electron chi connectivity index (χ1n) is 8.15. The van der Waals surface area contributed by atoms with Crippen molar-refractivity contribution in [3.05, 3.63) is 23.8 Å². The molecule has 0 bridgehead atoms. The van der Waals surface area contributed by atoms with Crippen LogP contribution in [0.4, 0.5) is 5.69 Å². The van der Waals surface area contributed by atoms with Gasteiger partial charge >= 0.3 is 5.97 Å². The molecular weight excluding hydrogens is 312 g/mol. The minimum absolute atomic E-state index is 0.0408. The highest BCUT2D eigenvalue weighted by molar-refractivity contribution is 6.00. The molecular formula is C17H20N2O5. The lowest BCUT2D eigenvalue weighted by Gasteiger charge is -2.23. The van der Waals surface area contributed by atoms with Gasteiger partial charge in [-0.05, 0) is 31.0 Å². The number of benzene rings is 1. The van der Waals surface area contributed by atoms with Crippen LogP contribution in [0.2, 0.25) is 0 Å². The van der Waals surface area contributed by atoms with E-state index >= 15 is 0 Å². The van der Waals surface area contributed by atoms with Crippen LogP contribution < -0.4 is 15.4 Å². The van der Waals surface area contributed by atoms with Crippen molar-refractivity contribution in [2.75, 3.05) is 11.9 Å². The summed E-state index contributed by atoms with van der Waals surface area (Å²) in [4.78, 5) is 35.3. The zero-order chi connectivity index (χ0) is 17.1. The molecule has 128 valence electrons. The highest BCUT2D eigenvalue weighted by Crippen LogP contribution is 2.29. The maximum Gasteiger partial charge on any atom is 0.308 e. The molecule has 1 heterocycles. The van der Waals surface area contributed by atoms with E-state index in [1.165, 1.54) is 0 Å². The van der Waals surface area contributed by atoms with Crippen LogP contribution in [0.25, 0.3) is 0 Å². The normalized spacial score (nSPS) is 23.2. The second-order valence-corrected chi connectivity index (χ2v) is 6.21. The molecule has 0 radical (unpaired) electrons. The number of rotatable bonds is 3. The predicted octanol–water partition coefficient (Wildman–Crippen LogP) is 1.78. The Morgan fingerprint density at radius 1 is 1.21 bits per heavy atom. The lowest BCUT2D eigenvalue weighted by atomic mass is 9.94. The van der Waals surface area contributed by atoms with Crippen LogP contribution in [0.3, 0.4) is 0 Å². The molecule has 0 aromatic heterocycles. The second-order valence-electron chi connectivity index (χ2n) is 6.21. The first kappa shape index (κ1) is 16.3. The Balaban J connectivity index is 1.75. The fraction of sp³-hybridized carbons (Fsp3) is 0.471. The topological polar surface area (TPSA) is 105 Å².